The van der Waals surface area contributed by atoms with Crippen molar-refractivity contribution in [1.82, 2.24) is 5.32 Å². The minimum absolute atomic E-state index is 0. The smallest absolute Gasteiger partial charge is 0.147 e. The summed E-state index contributed by atoms with van der Waals surface area (Å²) in [5.41, 5.74) is 0.703. The number of ether oxygens (including phenoxy) is 1. The van der Waals surface area contributed by atoms with Crippen molar-refractivity contribution in [3.63, 3.8) is 0 Å². The molecule has 0 unspecified atom stereocenters. The minimum Gasteiger partial charge on any atom is -0.372 e. The second-order valence-electron chi connectivity index (χ2n) is 5.02. The molecule has 1 aromatic carbocycles. The van der Waals surface area contributed by atoms with E-state index in [2.05, 4.69) is 5.32 Å². The summed E-state index contributed by atoms with van der Waals surface area (Å²) < 4.78 is 42.0. The number of halogens is 3. The third-order valence-corrected chi connectivity index (χ3v) is 4.52. The molecule has 0 amide bonds. The largest absolute Gasteiger partial charge is 0.372 e. The summed E-state index contributed by atoms with van der Waals surface area (Å²) in [7, 11) is -3.13. The first-order valence-electron chi connectivity index (χ1n) is 6.32. The number of sulfone groups is 1. The van der Waals surface area contributed by atoms with Gasteiger partial charge in [-0.25, -0.2) is 12.8 Å². The SMILES string of the molecule is CS(=O)(=O)C[C@H]1CNCCO[C@@H]1c1ccc(F)c(Cl)c1.Cl. The van der Waals surface area contributed by atoms with Gasteiger partial charge in [-0.3, -0.25) is 0 Å². The van der Waals surface area contributed by atoms with Crippen molar-refractivity contribution >= 4 is 33.8 Å². The van der Waals surface area contributed by atoms with Gasteiger partial charge >= 0.3 is 0 Å². The van der Waals surface area contributed by atoms with Crippen molar-refractivity contribution in [2.75, 3.05) is 31.7 Å². The lowest BCUT2D eigenvalue weighted by Gasteiger charge is -2.24. The molecule has 1 aromatic rings. The van der Waals surface area contributed by atoms with Gasteiger partial charge in [0.1, 0.15) is 15.7 Å². The topological polar surface area (TPSA) is 55.4 Å². The second-order valence-corrected chi connectivity index (χ2v) is 7.61. The molecule has 21 heavy (non-hydrogen) atoms. The molecular formula is C13H18Cl2FNO3S. The summed E-state index contributed by atoms with van der Waals surface area (Å²) in [4.78, 5) is 0. The number of hydrogen-bond donors (Lipinski definition) is 1. The van der Waals surface area contributed by atoms with E-state index in [4.69, 9.17) is 16.3 Å². The number of rotatable bonds is 3. The second kappa shape index (κ2) is 7.74. The molecule has 1 saturated heterocycles. The standard InChI is InChI=1S/C13H17ClFNO3S.ClH/c1-20(17,18)8-10-7-16-4-5-19-13(10)9-2-3-12(15)11(14)6-9;/h2-3,6,10,13,16H,4-5,7-8H2,1H3;1H/t10-,13-;/m1./s1. The molecule has 0 bridgehead atoms. The van der Waals surface area contributed by atoms with E-state index in [1.54, 1.807) is 6.07 Å². The normalized spacial score (nSPS) is 23.2. The van der Waals surface area contributed by atoms with Crippen molar-refractivity contribution in [3.8, 4) is 0 Å². The lowest BCUT2D eigenvalue weighted by molar-refractivity contribution is 0.0369. The molecule has 1 aliphatic rings. The maximum absolute atomic E-state index is 13.2. The van der Waals surface area contributed by atoms with Gasteiger partial charge in [-0.05, 0) is 17.7 Å². The van der Waals surface area contributed by atoms with E-state index < -0.39 is 21.8 Å². The fourth-order valence-corrected chi connectivity index (χ4v) is 3.64. The number of benzene rings is 1. The Bertz CT molecular complexity index is 583. The molecule has 0 radical (unpaired) electrons. The first kappa shape index (κ1) is 18.6. The van der Waals surface area contributed by atoms with Gasteiger partial charge in [0.25, 0.3) is 0 Å². The highest BCUT2D eigenvalue weighted by molar-refractivity contribution is 7.90. The average Bonchev–Trinajstić information content (AvgIpc) is 2.56. The Labute approximate surface area is 135 Å². The van der Waals surface area contributed by atoms with Gasteiger partial charge in [0, 0.05) is 25.3 Å². The van der Waals surface area contributed by atoms with Crippen LogP contribution in [0.15, 0.2) is 18.2 Å². The van der Waals surface area contributed by atoms with E-state index in [1.807, 2.05) is 0 Å². The van der Waals surface area contributed by atoms with Crippen molar-refractivity contribution in [1.29, 1.82) is 0 Å². The lowest BCUT2D eigenvalue weighted by Crippen LogP contribution is -2.30. The summed E-state index contributed by atoms with van der Waals surface area (Å²) in [6, 6.07) is 4.37. The van der Waals surface area contributed by atoms with Crippen LogP contribution in [0.2, 0.25) is 5.02 Å². The van der Waals surface area contributed by atoms with Gasteiger partial charge in [0.2, 0.25) is 0 Å². The molecule has 2 atom stereocenters. The summed E-state index contributed by atoms with van der Waals surface area (Å²) in [6.07, 6.45) is 0.796. The third kappa shape index (κ3) is 5.38. The Morgan fingerprint density at radius 2 is 2.19 bits per heavy atom. The highest BCUT2D eigenvalue weighted by atomic mass is 35.5. The molecule has 2 rings (SSSR count). The zero-order valence-electron chi connectivity index (χ0n) is 11.5. The zero-order valence-corrected chi connectivity index (χ0v) is 13.9. The van der Waals surface area contributed by atoms with Gasteiger partial charge in [-0.1, -0.05) is 17.7 Å². The molecule has 0 saturated carbocycles. The minimum atomic E-state index is -3.13. The molecule has 120 valence electrons. The monoisotopic (exact) mass is 357 g/mol. The summed E-state index contributed by atoms with van der Waals surface area (Å²) in [5.74, 6) is -0.713. The van der Waals surface area contributed by atoms with Crippen LogP contribution < -0.4 is 5.32 Å². The maximum atomic E-state index is 13.2. The fraction of sp³-hybridized carbons (Fsp3) is 0.538. The highest BCUT2D eigenvalue weighted by Gasteiger charge is 2.29. The molecule has 1 fully saturated rings. The van der Waals surface area contributed by atoms with Crippen molar-refractivity contribution in [2.45, 2.75) is 6.10 Å². The first-order valence-corrected chi connectivity index (χ1v) is 8.75. The number of hydrogen-bond acceptors (Lipinski definition) is 4. The van der Waals surface area contributed by atoms with Crippen molar-refractivity contribution in [3.05, 3.63) is 34.6 Å². The van der Waals surface area contributed by atoms with E-state index in [0.717, 1.165) is 0 Å². The molecule has 1 aliphatic heterocycles. The van der Waals surface area contributed by atoms with Crippen LogP contribution in [0.4, 0.5) is 4.39 Å². The zero-order chi connectivity index (χ0) is 14.8. The third-order valence-electron chi connectivity index (χ3n) is 3.20. The van der Waals surface area contributed by atoms with Gasteiger partial charge in [-0.15, -0.1) is 12.4 Å². The molecule has 0 aliphatic carbocycles. The lowest BCUT2D eigenvalue weighted by atomic mass is 9.97. The summed E-state index contributed by atoms with van der Waals surface area (Å²) in [6.45, 7) is 1.67. The Morgan fingerprint density at radius 1 is 1.48 bits per heavy atom. The molecule has 0 spiro atoms. The van der Waals surface area contributed by atoms with E-state index in [0.29, 0.717) is 25.3 Å². The van der Waals surface area contributed by atoms with Crippen LogP contribution in [0.1, 0.15) is 11.7 Å². The average molecular weight is 358 g/mol. The van der Waals surface area contributed by atoms with E-state index >= 15 is 0 Å². The van der Waals surface area contributed by atoms with Crippen LogP contribution >= 0.6 is 24.0 Å². The number of nitrogens with one attached hydrogen (secondary N) is 1. The van der Waals surface area contributed by atoms with Gasteiger partial charge in [0.15, 0.2) is 0 Å². The first-order chi connectivity index (χ1) is 9.37. The molecule has 4 nitrogen and oxygen atoms in total. The maximum Gasteiger partial charge on any atom is 0.147 e. The quantitative estimate of drug-likeness (QED) is 0.900. The Hall–Kier alpha value is -0.400. The molecule has 1 N–H and O–H groups in total. The van der Waals surface area contributed by atoms with Crippen LogP contribution in [-0.4, -0.2) is 40.1 Å². The van der Waals surface area contributed by atoms with E-state index in [1.165, 1.54) is 18.4 Å². The molecule has 8 heteroatoms. The van der Waals surface area contributed by atoms with Crippen LogP contribution in [0.25, 0.3) is 0 Å². The van der Waals surface area contributed by atoms with Crippen LogP contribution in [0.3, 0.4) is 0 Å². The summed E-state index contributed by atoms with van der Waals surface area (Å²) >= 11 is 5.79. The van der Waals surface area contributed by atoms with Gasteiger partial charge in [-0.2, -0.15) is 0 Å². The Balaban J connectivity index is 0.00000220. The van der Waals surface area contributed by atoms with Gasteiger partial charge in [0.05, 0.1) is 23.5 Å². The van der Waals surface area contributed by atoms with E-state index in [9.17, 15) is 12.8 Å². The van der Waals surface area contributed by atoms with Crippen molar-refractivity contribution in [2.24, 2.45) is 5.92 Å². The van der Waals surface area contributed by atoms with Crippen LogP contribution in [0, 0.1) is 11.7 Å². The molecular weight excluding hydrogens is 340 g/mol. The van der Waals surface area contributed by atoms with Crippen LogP contribution in [-0.2, 0) is 14.6 Å². The predicted molar refractivity (Wildman–Crippen MR) is 83.4 cm³/mol. The van der Waals surface area contributed by atoms with Gasteiger partial charge < -0.3 is 10.1 Å². The predicted octanol–water partition coefficient (Wildman–Crippen LogP) is 2.22. The molecule has 1 heterocycles. The Morgan fingerprint density at radius 3 is 2.81 bits per heavy atom. The van der Waals surface area contributed by atoms with Crippen molar-refractivity contribution < 1.29 is 17.5 Å². The summed E-state index contributed by atoms with van der Waals surface area (Å²) in [5, 5.41) is 3.16. The fourth-order valence-electron chi connectivity index (χ4n) is 2.38. The van der Waals surface area contributed by atoms with E-state index in [-0.39, 0.29) is 29.1 Å². The Kier molecular flexibility index (Phi) is 6.87. The highest BCUT2D eigenvalue weighted by Crippen LogP contribution is 2.30. The molecule has 0 aromatic heterocycles. The van der Waals surface area contributed by atoms with Crippen LogP contribution in [0.5, 0.6) is 0 Å².